The molecule has 2 aromatic rings. The Balaban J connectivity index is 1.84. The molecular weight excluding hydrogens is 271 g/mol. The monoisotopic (exact) mass is 290 g/mol. The first-order valence-electron chi connectivity index (χ1n) is 6.89. The summed E-state index contributed by atoms with van der Waals surface area (Å²) in [5.74, 6) is 0.898. The quantitative estimate of drug-likeness (QED) is 0.768. The highest BCUT2D eigenvalue weighted by atomic mass is 19.1. The average molecular weight is 290 g/mol. The molecule has 0 bridgehead atoms. The molecule has 0 amide bonds. The fraction of sp³-hybridized carbons (Fsp3) is 0.333. The van der Waals surface area contributed by atoms with Gasteiger partial charge in [-0.1, -0.05) is 12.1 Å². The van der Waals surface area contributed by atoms with Crippen molar-refractivity contribution in [1.82, 2.24) is 9.97 Å². The molecule has 1 aromatic carbocycles. The summed E-state index contributed by atoms with van der Waals surface area (Å²) in [6.07, 6.45) is 1.15. The Morgan fingerprint density at radius 2 is 2.14 bits per heavy atom. The summed E-state index contributed by atoms with van der Waals surface area (Å²) in [4.78, 5) is 7.90. The first-order chi connectivity index (χ1) is 10.2. The highest BCUT2D eigenvalue weighted by molar-refractivity contribution is 5.41. The Morgan fingerprint density at radius 1 is 1.29 bits per heavy atom. The molecular formula is C15H19FN4O. The van der Waals surface area contributed by atoms with Crippen LogP contribution < -0.4 is 15.4 Å². The third-order valence-electron chi connectivity index (χ3n) is 2.73. The van der Waals surface area contributed by atoms with Gasteiger partial charge in [-0.2, -0.15) is 4.98 Å². The zero-order valence-corrected chi connectivity index (χ0v) is 12.2. The highest BCUT2D eigenvalue weighted by Crippen LogP contribution is 2.13. The highest BCUT2D eigenvalue weighted by Gasteiger charge is 2.05. The van der Waals surface area contributed by atoms with Gasteiger partial charge in [-0.25, -0.2) is 9.37 Å². The lowest BCUT2D eigenvalue weighted by molar-refractivity contribution is 0.332. The van der Waals surface area contributed by atoms with E-state index in [0.717, 1.165) is 17.5 Å². The van der Waals surface area contributed by atoms with Crippen molar-refractivity contribution in [2.24, 2.45) is 0 Å². The lowest BCUT2D eigenvalue weighted by atomic mass is 10.2. The number of anilines is 2. The van der Waals surface area contributed by atoms with E-state index in [9.17, 15) is 4.39 Å². The fourth-order valence-corrected chi connectivity index (χ4v) is 1.78. The molecule has 21 heavy (non-hydrogen) atoms. The van der Waals surface area contributed by atoms with Gasteiger partial charge in [-0.05, 0) is 31.5 Å². The molecule has 1 aromatic heterocycles. The molecule has 6 heteroatoms. The van der Waals surface area contributed by atoms with E-state index in [1.54, 1.807) is 0 Å². The minimum atomic E-state index is -0.479. The van der Waals surface area contributed by atoms with Crippen LogP contribution in [0.15, 0.2) is 30.5 Å². The van der Waals surface area contributed by atoms with Gasteiger partial charge >= 0.3 is 0 Å². The molecule has 5 nitrogen and oxygen atoms in total. The maximum Gasteiger partial charge on any atom is 0.224 e. The smallest absolute Gasteiger partial charge is 0.224 e. The van der Waals surface area contributed by atoms with E-state index in [-0.39, 0.29) is 5.82 Å². The molecule has 0 saturated heterocycles. The number of ether oxygens (including phenoxy) is 1. The van der Waals surface area contributed by atoms with Gasteiger partial charge in [0.2, 0.25) is 5.95 Å². The number of benzene rings is 1. The van der Waals surface area contributed by atoms with Gasteiger partial charge in [-0.15, -0.1) is 0 Å². The molecule has 112 valence electrons. The van der Waals surface area contributed by atoms with Crippen molar-refractivity contribution in [2.45, 2.75) is 13.8 Å². The number of hydrogen-bond acceptors (Lipinski definition) is 5. The SMILES string of the molecule is CCNc1ncc(F)c(NCCOc2cccc(C)c2)n1. The van der Waals surface area contributed by atoms with Gasteiger partial charge in [0.05, 0.1) is 12.7 Å². The van der Waals surface area contributed by atoms with Crippen LogP contribution in [-0.2, 0) is 0 Å². The van der Waals surface area contributed by atoms with E-state index < -0.39 is 5.82 Å². The Labute approximate surface area is 123 Å². The number of halogens is 1. The van der Waals surface area contributed by atoms with Crippen LogP contribution in [0.2, 0.25) is 0 Å². The number of aryl methyl sites for hydroxylation is 1. The maximum absolute atomic E-state index is 13.6. The van der Waals surface area contributed by atoms with Crippen molar-refractivity contribution in [1.29, 1.82) is 0 Å². The molecule has 0 aliphatic heterocycles. The Bertz CT molecular complexity index is 592. The van der Waals surface area contributed by atoms with Gasteiger partial charge in [0.15, 0.2) is 11.6 Å². The van der Waals surface area contributed by atoms with Crippen molar-refractivity contribution in [3.05, 3.63) is 41.8 Å². The molecule has 0 fully saturated rings. The third kappa shape index (κ3) is 4.59. The van der Waals surface area contributed by atoms with Crippen LogP contribution in [0.5, 0.6) is 5.75 Å². The zero-order valence-electron chi connectivity index (χ0n) is 12.2. The lowest BCUT2D eigenvalue weighted by Gasteiger charge is -2.10. The van der Waals surface area contributed by atoms with E-state index in [2.05, 4.69) is 20.6 Å². The normalized spacial score (nSPS) is 10.2. The fourth-order valence-electron chi connectivity index (χ4n) is 1.78. The molecule has 0 radical (unpaired) electrons. The van der Waals surface area contributed by atoms with Crippen LogP contribution in [0.25, 0.3) is 0 Å². The van der Waals surface area contributed by atoms with E-state index in [1.165, 1.54) is 0 Å². The first kappa shape index (κ1) is 15.0. The van der Waals surface area contributed by atoms with Gasteiger partial charge in [0.1, 0.15) is 12.4 Å². The second-order valence-electron chi connectivity index (χ2n) is 4.51. The molecule has 0 saturated carbocycles. The van der Waals surface area contributed by atoms with Crippen LogP contribution in [0.1, 0.15) is 12.5 Å². The van der Waals surface area contributed by atoms with Gasteiger partial charge in [-0.3, -0.25) is 0 Å². The predicted molar refractivity (Wildman–Crippen MR) is 81.3 cm³/mol. The minimum Gasteiger partial charge on any atom is -0.492 e. The molecule has 2 N–H and O–H groups in total. The number of hydrogen-bond donors (Lipinski definition) is 2. The summed E-state index contributed by atoms with van der Waals surface area (Å²) < 4.78 is 19.1. The van der Waals surface area contributed by atoms with Gasteiger partial charge < -0.3 is 15.4 Å². The molecule has 0 aliphatic carbocycles. The standard InChI is InChI=1S/C15H19FN4O/c1-3-17-15-19-10-13(16)14(20-15)18-7-8-21-12-6-4-5-11(2)9-12/h4-6,9-10H,3,7-8H2,1-2H3,(H2,17,18,19,20). The average Bonchev–Trinajstić information content (AvgIpc) is 2.47. The minimum absolute atomic E-state index is 0.175. The predicted octanol–water partition coefficient (Wildman–Crippen LogP) is 2.85. The number of nitrogens with one attached hydrogen (secondary N) is 2. The Morgan fingerprint density at radius 3 is 2.90 bits per heavy atom. The van der Waals surface area contributed by atoms with E-state index in [4.69, 9.17) is 4.74 Å². The van der Waals surface area contributed by atoms with Gasteiger partial charge in [0, 0.05) is 6.54 Å². The van der Waals surface area contributed by atoms with Crippen LogP contribution in [-0.4, -0.2) is 29.7 Å². The van der Waals surface area contributed by atoms with Crippen LogP contribution in [0.4, 0.5) is 16.2 Å². The number of aromatic nitrogens is 2. The van der Waals surface area contributed by atoms with Crippen LogP contribution in [0, 0.1) is 12.7 Å². The second-order valence-corrected chi connectivity index (χ2v) is 4.51. The van der Waals surface area contributed by atoms with Crippen molar-refractivity contribution in [3.63, 3.8) is 0 Å². The number of nitrogens with zero attached hydrogens (tertiary/aromatic N) is 2. The Kier molecular flexibility index (Phi) is 5.31. The molecule has 0 spiro atoms. The largest absolute Gasteiger partial charge is 0.492 e. The molecule has 2 rings (SSSR count). The number of rotatable bonds is 7. The molecule has 0 atom stereocenters. The maximum atomic E-state index is 13.6. The van der Waals surface area contributed by atoms with Crippen molar-refractivity contribution < 1.29 is 9.13 Å². The molecule has 1 heterocycles. The van der Waals surface area contributed by atoms with Crippen molar-refractivity contribution >= 4 is 11.8 Å². The third-order valence-corrected chi connectivity index (χ3v) is 2.73. The van der Waals surface area contributed by atoms with E-state index in [1.807, 2.05) is 38.1 Å². The van der Waals surface area contributed by atoms with Crippen molar-refractivity contribution in [3.8, 4) is 5.75 Å². The van der Waals surface area contributed by atoms with Gasteiger partial charge in [0.25, 0.3) is 0 Å². The summed E-state index contributed by atoms with van der Waals surface area (Å²) >= 11 is 0. The summed E-state index contributed by atoms with van der Waals surface area (Å²) in [5, 5.41) is 5.84. The first-order valence-corrected chi connectivity index (χ1v) is 6.89. The second kappa shape index (κ2) is 7.42. The summed E-state index contributed by atoms with van der Waals surface area (Å²) in [7, 11) is 0. The molecule has 0 aliphatic rings. The van der Waals surface area contributed by atoms with E-state index in [0.29, 0.717) is 25.6 Å². The summed E-state index contributed by atoms with van der Waals surface area (Å²) in [5.41, 5.74) is 1.14. The Hall–Kier alpha value is -2.37. The zero-order chi connectivity index (χ0) is 15.1. The van der Waals surface area contributed by atoms with E-state index >= 15 is 0 Å². The summed E-state index contributed by atoms with van der Waals surface area (Å²) in [6.45, 7) is 5.48. The van der Waals surface area contributed by atoms with Crippen molar-refractivity contribution in [2.75, 3.05) is 30.3 Å². The van der Waals surface area contributed by atoms with Crippen LogP contribution in [0.3, 0.4) is 0 Å². The topological polar surface area (TPSA) is 59.1 Å². The lowest BCUT2D eigenvalue weighted by Crippen LogP contribution is -2.14. The summed E-state index contributed by atoms with van der Waals surface area (Å²) in [6, 6.07) is 7.78. The molecule has 0 unspecified atom stereocenters. The van der Waals surface area contributed by atoms with Crippen LogP contribution >= 0.6 is 0 Å².